The van der Waals surface area contributed by atoms with Gasteiger partial charge >= 0.3 is 0 Å². The first kappa shape index (κ1) is 20.4. The molecule has 3 heterocycles. The van der Waals surface area contributed by atoms with Gasteiger partial charge in [-0.25, -0.2) is 4.98 Å². The van der Waals surface area contributed by atoms with Crippen molar-refractivity contribution in [2.45, 2.75) is 26.3 Å². The highest BCUT2D eigenvalue weighted by Crippen LogP contribution is 2.17. The lowest BCUT2D eigenvalue weighted by atomic mass is 10.0. The third kappa shape index (κ3) is 5.13. The van der Waals surface area contributed by atoms with Gasteiger partial charge in [0.2, 0.25) is 5.91 Å². The van der Waals surface area contributed by atoms with E-state index in [1.807, 2.05) is 36.9 Å². The minimum absolute atomic E-state index is 0.0478. The SMILES string of the molecule is CC(C)CC(NC(=O)c1ccc(Br)o1)C(=O)N1CCN(c2ccccn2)CC1. The number of pyridine rings is 1. The second-order valence-corrected chi connectivity index (χ2v) is 8.04. The van der Waals surface area contributed by atoms with Crippen LogP contribution in [0.3, 0.4) is 0 Å². The van der Waals surface area contributed by atoms with E-state index in [0.29, 0.717) is 24.2 Å². The summed E-state index contributed by atoms with van der Waals surface area (Å²) in [6.45, 7) is 6.72. The fraction of sp³-hybridized carbons (Fsp3) is 0.450. The molecule has 0 radical (unpaired) electrons. The van der Waals surface area contributed by atoms with Crippen LogP contribution in [0.4, 0.5) is 5.82 Å². The Balaban J connectivity index is 1.62. The molecule has 1 unspecified atom stereocenters. The van der Waals surface area contributed by atoms with Crippen molar-refractivity contribution in [2.75, 3.05) is 31.1 Å². The third-order valence-electron chi connectivity index (χ3n) is 4.67. The fourth-order valence-corrected chi connectivity index (χ4v) is 3.58. The average Bonchev–Trinajstić information content (AvgIpc) is 3.14. The zero-order chi connectivity index (χ0) is 20.1. The Labute approximate surface area is 173 Å². The maximum Gasteiger partial charge on any atom is 0.287 e. The summed E-state index contributed by atoms with van der Waals surface area (Å²) >= 11 is 3.19. The molecule has 2 aromatic rings. The minimum Gasteiger partial charge on any atom is -0.444 e. The maximum atomic E-state index is 13.1. The van der Waals surface area contributed by atoms with Crippen molar-refractivity contribution in [3.63, 3.8) is 0 Å². The van der Waals surface area contributed by atoms with E-state index in [0.717, 1.165) is 18.9 Å². The topological polar surface area (TPSA) is 78.7 Å². The van der Waals surface area contributed by atoms with Gasteiger partial charge in [-0.05, 0) is 52.5 Å². The molecule has 0 spiro atoms. The van der Waals surface area contributed by atoms with Crippen LogP contribution in [0.2, 0.25) is 0 Å². The van der Waals surface area contributed by atoms with Crippen molar-refractivity contribution < 1.29 is 14.0 Å². The van der Waals surface area contributed by atoms with Crippen molar-refractivity contribution in [2.24, 2.45) is 5.92 Å². The van der Waals surface area contributed by atoms with Crippen LogP contribution in [0, 0.1) is 5.92 Å². The molecule has 0 saturated carbocycles. The summed E-state index contributed by atoms with van der Waals surface area (Å²) in [6.07, 6.45) is 2.35. The van der Waals surface area contributed by atoms with Gasteiger partial charge in [0.1, 0.15) is 11.9 Å². The Morgan fingerprint density at radius 2 is 1.93 bits per heavy atom. The van der Waals surface area contributed by atoms with E-state index in [2.05, 4.69) is 31.1 Å². The quantitative estimate of drug-likeness (QED) is 0.734. The molecule has 2 aromatic heterocycles. The largest absolute Gasteiger partial charge is 0.444 e. The normalized spacial score (nSPS) is 15.6. The molecule has 150 valence electrons. The van der Waals surface area contributed by atoms with Gasteiger partial charge in [-0.1, -0.05) is 19.9 Å². The van der Waals surface area contributed by atoms with Gasteiger partial charge in [0.25, 0.3) is 5.91 Å². The van der Waals surface area contributed by atoms with Crippen LogP contribution < -0.4 is 10.2 Å². The number of anilines is 1. The predicted molar refractivity (Wildman–Crippen MR) is 110 cm³/mol. The summed E-state index contributed by atoms with van der Waals surface area (Å²) in [5.41, 5.74) is 0. The number of rotatable bonds is 6. The molecule has 1 N–H and O–H groups in total. The molecule has 1 saturated heterocycles. The van der Waals surface area contributed by atoms with Crippen LogP contribution >= 0.6 is 15.9 Å². The van der Waals surface area contributed by atoms with Gasteiger partial charge in [0.15, 0.2) is 10.4 Å². The van der Waals surface area contributed by atoms with Crippen LogP contribution in [0.1, 0.15) is 30.8 Å². The van der Waals surface area contributed by atoms with Gasteiger partial charge in [0, 0.05) is 32.4 Å². The molecule has 0 bridgehead atoms. The van der Waals surface area contributed by atoms with E-state index in [4.69, 9.17) is 4.42 Å². The third-order valence-corrected chi connectivity index (χ3v) is 5.10. The number of nitrogens with zero attached hydrogens (tertiary/aromatic N) is 3. The Morgan fingerprint density at radius 3 is 2.50 bits per heavy atom. The maximum absolute atomic E-state index is 13.1. The number of piperazine rings is 1. The average molecular weight is 449 g/mol. The first-order valence-corrected chi connectivity index (χ1v) is 10.2. The van der Waals surface area contributed by atoms with Gasteiger partial charge in [-0.3, -0.25) is 9.59 Å². The number of hydrogen-bond donors (Lipinski definition) is 1. The zero-order valence-corrected chi connectivity index (χ0v) is 17.7. The molecule has 1 aliphatic rings. The molecule has 1 atom stereocenters. The lowest BCUT2D eigenvalue weighted by molar-refractivity contribution is -0.134. The number of carbonyl (C=O) groups is 2. The van der Waals surface area contributed by atoms with Crippen LogP contribution in [-0.4, -0.2) is 53.9 Å². The molecule has 7 nitrogen and oxygen atoms in total. The first-order valence-electron chi connectivity index (χ1n) is 9.45. The van der Waals surface area contributed by atoms with Crippen LogP contribution in [0.15, 0.2) is 45.6 Å². The lowest BCUT2D eigenvalue weighted by Gasteiger charge is -2.37. The number of furan rings is 1. The van der Waals surface area contributed by atoms with E-state index in [9.17, 15) is 9.59 Å². The number of nitrogens with one attached hydrogen (secondary N) is 1. The molecule has 2 amide bonds. The molecule has 8 heteroatoms. The number of aromatic nitrogens is 1. The molecule has 0 aliphatic carbocycles. The minimum atomic E-state index is -0.572. The number of halogens is 1. The van der Waals surface area contributed by atoms with Gasteiger partial charge < -0.3 is 19.5 Å². The van der Waals surface area contributed by atoms with Crippen molar-refractivity contribution in [3.05, 3.63) is 47.0 Å². The van der Waals surface area contributed by atoms with Crippen LogP contribution in [-0.2, 0) is 4.79 Å². The number of hydrogen-bond acceptors (Lipinski definition) is 5. The summed E-state index contributed by atoms with van der Waals surface area (Å²) in [4.78, 5) is 33.9. The first-order chi connectivity index (χ1) is 13.4. The lowest BCUT2D eigenvalue weighted by Crippen LogP contribution is -2.55. The number of amides is 2. The molecular weight excluding hydrogens is 424 g/mol. The zero-order valence-electron chi connectivity index (χ0n) is 16.1. The predicted octanol–water partition coefficient (Wildman–Crippen LogP) is 2.93. The van der Waals surface area contributed by atoms with Crippen LogP contribution in [0.5, 0.6) is 0 Å². The second-order valence-electron chi connectivity index (χ2n) is 7.26. The van der Waals surface area contributed by atoms with E-state index in [1.54, 1.807) is 18.3 Å². The second kappa shape index (κ2) is 9.23. The van der Waals surface area contributed by atoms with E-state index in [-0.39, 0.29) is 23.5 Å². The van der Waals surface area contributed by atoms with Gasteiger partial charge in [-0.15, -0.1) is 0 Å². The van der Waals surface area contributed by atoms with E-state index < -0.39 is 6.04 Å². The molecule has 1 aliphatic heterocycles. The Hall–Kier alpha value is -2.35. The van der Waals surface area contributed by atoms with Crippen LogP contribution in [0.25, 0.3) is 0 Å². The smallest absolute Gasteiger partial charge is 0.287 e. The molecule has 0 aromatic carbocycles. The molecule has 28 heavy (non-hydrogen) atoms. The van der Waals surface area contributed by atoms with Crippen molar-refractivity contribution >= 4 is 33.6 Å². The summed E-state index contributed by atoms with van der Waals surface area (Å²) in [5.74, 6) is 0.955. The van der Waals surface area contributed by atoms with Gasteiger partial charge in [-0.2, -0.15) is 0 Å². The van der Waals surface area contributed by atoms with Crippen molar-refractivity contribution in [3.8, 4) is 0 Å². The summed E-state index contributed by atoms with van der Waals surface area (Å²) < 4.78 is 5.79. The Bertz CT molecular complexity index is 801. The van der Waals surface area contributed by atoms with E-state index >= 15 is 0 Å². The summed E-state index contributed by atoms with van der Waals surface area (Å²) in [5, 5.41) is 2.85. The highest BCUT2D eigenvalue weighted by molar-refractivity contribution is 9.10. The van der Waals surface area contributed by atoms with E-state index in [1.165, 1.54) is 0 Å². The summed E-state index contributed by atoms with van der Waals surface area (Å²) in [6, 6.07) is 8.49. The standard InChI is InChI=1S/C20H25BrN4O3/c1-14(2)13-15(23-19(26)16-6-7-17(21)28-16)20(27)25-11-9-24(10-12-25)18-5-3-4-8-22-18/h3-8,14-15H,9-13H2,1-2H3,(H,23,26). The van der Waals surface area contributed by atoms with Crippen molar-refractivity contribution in [1.82, 2.24) is 15.2 Å². The van der Waals surface area contributed by atoms with Gasteiger partial charge in [0.05, 0.1) is 0 Å². The van der Waals surface area contributed by atoms with Crippen molar-refractivity contribution in [1.29, 1.82) is 0 Å². The summed E-state index contributed by atoms with van der Waals surface area (Å²) in [7, 11) is 0. The fourth-order valence-electron chi connectivity index (χ4n) is 3.28. The molecule has 3 rings (SSSR count). The Morgan fingerprint density at radius 1 is 1.18 bits per heavy atom. The highest BCUT2D eigenvalue weighted by atomic mass is 79.9. The Kier molecular flexibility index (Phi) is 6.72. The highest BCUT2D eigenvalue weighted by Gasteiger charge is 2.30. The number of carbonyl (C=O) groups excluding carboxylic acids is 2. The monoisotopic (exact) mass is 448 g/mol. The molecule has 1 fully saturated rings. The molecular formula is C20H25BrN4O3.